The Morgan fingerprint density at radius 1 is 1.14 bits per heavy atom. The van der Waals surface area contributed by atoms with Crippen LogP contribution in [0.25, 0.3) is 0 Å². The maximum atomic E-state index is 12.1. The summed E-state index contributed by atoms with van der Waals surface area (Å²) in [7, 11) is 0. The third kappa shape index (κ3) is 6.85. The minimum Gasteiger partial charge on any atom is -0.465 e. The van der Waals surface area contributed by atoms with Gasteiger partial charge in [-0.05, 0) is 12.5 Å². The summed E-state index contributed by atoms with van der Waals surface area (Å²) in [4.78, 5) is 34.5. The lowest BCUT2D eigenvalue weighted by Gasteiger charge is -2.23. The Balaban J connectivity index is 2.53. The predicted molar refractivity (Wildman–Crippen MR) is 80.3 cm³/mol. The topological polar surface area (TPSA) is 87.7 Å². The quantitative estimate of drug-likeness (QED) is 0.556. The molecule has 0 saturated carbocycles. The number of hydrogen-bond acceptors (Lipinski definition) is 5. The van der Waals surface area contributed by atoms with Crippen LogP contribution in [0.3, 0.4) is 0 Å². The highest BCUT2D eigenvalue weighted by atomic mass is 16.5. The van der Waals surface area contributed by atoms with E-state index in [1.54, 1.807) is 6.92 Å². The number of nitrogens with zero attached hydrogens (tertiary/aromatic N) is 1. The molecule has 0 spiro atoms. The van der Waals surface area contributed by atoms with Crippen LogP contribution in [0.5, 0.6) is 0 Å². The molecule has 0 aromatic heterocycles. The predicted octanol–water partition coefficient (Wildman–Crippen LogP) is 0.219. The fraction of sp³-hybridized carbons (Fsp3) is 0.400. The third-order valence-electron chi connectivity index (χ3n) is 2.63. The number of amides is 2. The monoisotopic (exact) mass is 307 g/mol. The molecule has 0 aliphatic carbocycles. The van der Waals surface area contributed by atoms with Crippen molar-refractivity contribution >= 4 is 17.8 Å². The number of benzene rings is 1. The summed E-state index contributed by atoms with van der Waals surface area (Å²) in [6.45, 7) is 3.45. The Labute approximate surface area is 129 Å². The van der Waals surface area contributed by atoms with Gasteiger partial charge < -0.3 is 4.74 Å². The average Bonchev–Trinajstić information content (AvgIpc) is 2.47. The summed E-state index contributed by atoms with van der Waals surface area (Å²) in [6.07, 6.45) is 0. The van der Waals surface area contributed by atoms with Crippen molar-refractivity contribution in [3.05, 3.63) is 35.9 Å². The van der Waals surface area contributed by atoms with Crippen LogP contribution >= 0.6 is 0 Å². The molecule has 22 heavy (non-hydrogen) atoms. The molecule has 2 amide bonds. The standard InChI is InChI=1S/C15H21N3O4/c1-3-22-15(21)10-16-9-14(20)18(17-12(2)19)11-13-7-5-4-6-8-13/h4-8,16H,3,9-11H2,1-2H3,(H,17,19). The summed E-state index contributed by atoms with van der Waals surface area (Å²) >= 11 is 0. The molecule has 1 rings (SSSR count). The van der Waals surface area contributed by atoms with Gasteiger partial charge in [0, 0.05) is 6.92 Å². The summed E-state index contributed by atoms with van der Waals surface area (Å²) < 4.78 is 4.75. The largest absolute Gasteiger partial charge is 0.465 e. The Morgan fingerprint density at radius 2 is 1.82 bits per heavy atom. The molecular formula is C15H21N3O4. The van der Waals surface area contributed by atoms with Crippen LogP contribution in [-0.2, 0) is 25.7 Å². The number of hydrogen-bond donors (Lipinski definition) is 2. The molecule has 0 unspecified atom stereocenters. The van der Waals surface area contributed by atoms with Crippen molar-refractivity contribution in [1.29, 1.82) is 0 Å². The third-order valence-corrected chi connectivity index (χ3v) is 2.63. The molecule has 0 radical (unpaired) electrons. The van der Waals surface area contributed by atoms with Crippen molar-refractivity contribution in [2.45, 2.75) is 20.4 Å². The first-order valence-electron chi connectivity index (χ1n) is 7.00. The Morgan fingerprint density at radius 3 is 2.41 bits per heavy atom. The SMILES string of the molecule is CCOC(=O)CNCC(=O)N(Cc1ccccc1)NC(C)=O. The van der Waals surface area contributed by atoms with Crippen LogP contribution in [0.15, 0.2) is 30.3 Å². The van der Waals surface area contributed by atoms with Crippen LogP contribution in [0.1, 0.15) is 19.4 Å². The molecule has 120 valence electrons. The van der Waals surface area contributed by atoms with Crippen molar-refractivity contribution in [1.82, 2.24) is 15.8 Å². The van der Waals surface area contributed by atoms with E-state index in [2.05, 4.69) is 10.7 Å². The van der Waals surface area contributed by atoms with Gasteiger partial charge in [0.15, 0.2) is 0 Å². The summed E-state index contributed by atoms with van der Waals surface area (Å²) in [5.74, 6) is -1.11. The zero-order valence-corrected chi connectivity index (χ0v) is 12.8. The second-order valence-electron chi connectivity index (χ2n) is 4.54. The fourth-order valence-corrected chi connectivity index (χ4v) is 1.73. The van der Waals surface area contributed by atoms with Crippen LogP contribution < -0.4 is 10.7 Å². The number of carbonyl (C=O) groups excluding carboxylic acids is 3. The molecule has 0 aliphatic rings. The molecular weight excluding hydrogens is 286 g/mol. The Kier molecular flexibility index (Phi) is 7.63. The number of nitrogens with one attached hydrogen (secondary N) is 2. The molecule has 1 aromatic carbocycles. The molecule has 1 aromatic rings. The van der Waals surface area contributed by atoms with E-state index < -0.39 is 5.97 Å². The van der Waals surface area contributed by atoms with Crippen molar-refractivity contribution in [2.24, 2.45) is 0 Å². The van der Waals surface area contributed by atoms with Crippen LogP contribution in [0, 0.1) is 0 Å². The number of hydrazine groups is 1. The second-order valence-corrected chi connectivity index (χ2v) is 4.54. The number of ether oxygens (including phenoxy) is 1. The second kappa shape index (κ2) is 9.51. The zero-order chi connectivity index (χ0) is 16.4. The van der Waals surface area contributed by atoms with Gasteiger partial charge in [0.05, 0.1) is 26.2 Å². The molecule has 2 N–H and O–H groups in total. The summed E-state index contributed by atoms with van der Waals surface area (Å²) in [5, 5.41) is 3.91. The van der Waals surface area contributed by atoms with E-state index in [0.717, 1.165) is 5.56 Å². The smallest absolute Gasteiger partial charge is 0.319 e. The zero-order valence-electron chi connectivity index (χ0n) is 12.8. The molecule has 0 heterocycles. The van der Waals surface area contributed by atoms with Gasteiger partial charge in [-0.1, -0.05) is 30.3 Å². The van der Waals surface area contributed by atoms with Gasteiger partial charge in [0.2, 0.25) is 5.91 Å². The summed E-state index contributed by atoms with van der Waals surface area (Å²) in [5.41, 5.74) is 3.36. The maximum absolute atomic E-state index is 12.1. The molecule has 0 saturated heterocycles. The molecule has 0 fully saturated rings. The van der Waals surface area contributed by atoms with E-state index in [4.69, 9.17) is 4.74 Å². The highest BCUT2D eigenvalue weighted by Crippen LogP contribution is 2.02. The van der Waals surface area contributed by atoms with Crippen LogP contribution in [0.2, 0.25) is 0 Å². The van der Waals surface area contributed by atoms with Crippen LogP contribution in [-0.4, -0.2) is 42.5 Å². The Bertz CT molecular complexity index is 505. The van der Waals surface area contributed by atoms with E-state index in [0.29, 0.717) is 6.61 Å². The van der Waals surface area contributed by atoms with E-state index in [9.17, 15) is 14.4 Å². The van der Waals surface area contributed by atoms with Gasteiger partial charge >= 0.3 is 5.97 Å². The average molecular weight is 307 g/mol. The Hall–Kier alpha value is -2.41. The molecule has 7 nitrogen and oxygen atoms in total. The van der Waals surface area contributed by atoms with E-state index >= 15 is 0 Å². The molecule has 0 bridgehead atoms. The fourth-order valence-electron chi connectivity index (χ4n) is 1.73. The first-order chi connectivity index (χ1) is 10.5. The molecule has 7 heteroatoms. The minimum atomic E-state index is -0.426. The van der Waals surface area contributed by atoms with Gasteiger partial charge in [-0.15, -0.1) is 0 Å². The number of esters is 1. The lowest BCUT2D eigenvalue weighted by Crippen LogP contribution is -2.48. The highest BCUT2D eigenvalue weighted by Gasteiger charge is 2.15. The lowest BCUT2D eigenvalue weighted by molar-refractivity contribution is -0.143. The minimum absolute atomic E-state index is 0.0567. The van der Waals surface area contributed by atoms with Gasteiger partial charge in [0.25, 0.3) is 5.91 Å². The van der Waals surface area contributed by atoms with Crippen molar-refractivity contribution in [3.63, 3.8) is 0 Å². The van der Waals surface area contributed by atoms with Crippen LogP contribution in [0.4, 0.5) is 0 Å². The van der Waals surface area contributed by atoms with Crippen molar-refractivity contribution in [2.75, 3.05) is 19.7 Å². The normalized spacial score (nSPS) is 9.91. The number of rotatable bonds is 7. The van der Waals surface area contributed by atoms with E-state index in [1.807, 2.05) is 30.3 Å². The van der Waals surface area contributed by atoms with Gasteiger partial charge in [-0.25, -0.2) is 5.01 Å². The highest BCUT2D eigenvalue weighted by molar-refractivity contribution is 5.82. The van der Waals surface area contributed by atoms with E-state index in [1.165, 1.54) is 11.9 Å². The van der Waals surface area contributed by atoms with E-state index in [-0.39, 0.29) is 31.4 Å². The first kappa shape index (κ1) is 17.6. The summed E-state index contributed by atoms with van der Waals surface area (Å²) in [6, 6.07) is 9.28. The number of carbonyl (C=O) groups is 3. The van der Waals surface area contributed by atoms with Crippen molar-refractivity contribution in [3.8, 4) is 0 Å². The molecule has 0 atom stereocenters. The van der Waals surface area contributed by atoms with Crippen molar-refractivity contribution < 1.29 is 19.1 Å². The lowest BCUT2D eigenvalue weighted by atomic mass is 10.2. The van der Waals surface area contributed by atoms with Gasteiger partial charge in [-0.3, -0.25) is 25.1 Å². The first-order valence-corrected chi connectivity index (χ1v) is 7.00. The molecule has 0 aliphatic heterocycles. The maximum Gasteiger partial charge on any atom is 0.319 e. The van der Waals surface area contributed by atoms with Gasteiger partial charge in [-0.2, -0.15) is 0 Å². The van der Waals surface area contributed by atoms with Gasteiger partial charge in [0.1, 0.15) is 0 Å².